The number of carbonyl (C=O) groups excluding carboxylic acids is 1. The number of rotatable bonds is 11. The number of nitrogens with two attached hydrogens (primary N) is 2. The predicted molar refractivity (Wildman–Crippen MR) is 131 cm³/mol. The summed E-state index contributed by atoms with van der Waals surface area (Å²) in [6.45, 7) is 1.41. The normalized spacial score (nSPS) is 14.2. The number of hydrogen-bond acceptors (Lipinski definition) is 7. The predicted octanol–water partition coefficient (Wildman–Crippen LogP) is 2.62. The third-order valence-corrected chi connectivity index (χ3v) is 5.81. The van der Waals surface area contributed by atoms with Gasteiger partial charge in [-0.2, -0.15) is 0 Å². The first kappa shape index (κ1) is 25.4. The summed E-state index contributed by atoms with van der Waals surface area (Å²) in [4.78, 5) is 12.2. The lowest BCUT2D eigenvalue weighted by Gasteiger charge is -2.37. The summed E-state index contributed by atoms with van der Waals surface area (Å²) in [6.07, 6.45) is -1.44. The lowest BCUT2D eigenvalue weighted by molar-refractivity contribution is -0.130. The van der Waals surface area contributed by atoms with Crippen molar-refractivity contribution >= 4 is 5.78 Å². The monoisotopic (exact) mass is 464 g/mol. The molecule has 0 heterocycles. The van der Waals surface area contributed by atoms with E-state index in [0.29, 0.717) is 11.5 Å². The first-order chi connectivity index (χ1) is 16.3. The molecule has 0 aliphatic heterocycles. The molecule has 7 nitrogen and oxygen atoms in total. The number of benzene rings is 3. The Balaban J connectivity index is 2.13. The van der Waals surface area contributed by atoms with Crippen LogP contribution in [0.2, 0.25) is 0 Å². The van der Waals surface area contributed by atoms with E-state index in [2.05, 4.69) is 0 Å². The van der Waals surface area contributed by atoms with Crippen molar-refractivity contribution in [3.05, 3.63) is 95.6 Å². The molecule has 0 aliphatic carbocycles. The number of Topliss-reactive ketones (excluding diaryl/α,β-unsaturated/α-hetero) is 1. The Hall–Kier alpha value is -3.23. The van der Waals surface area contributed by atoms with Crippen LogP contribution in [0, 0.1) is 0 Å². The Kier molecular flexibility index (Phi) is 8.41. The van der Waals surface area contributed by atoms with Crippen LogP contribution in [-0.4, -0.2) is 49.9 Å². The van der Waals surface area contributed by atoms with Crippen molar-refractivity contribution < 1.29 is 24.1 Å². The molecular formula is C27H32N2O5. The Morgan fingerprint density at radius 2 is 1.26 bits per heavy atom. The minimum absolute atomic E-state index is 0.105. The molecule has 7 heteroatoms. The molecule has 1 unspecified atom stereocenters. The van der Waals surface area contributed by atoms with Gasteiger partial charge in [-0.15, -0.1) is 0 Å². The third-order valence-electron chi connectivity index (χ3n) is 5.81. The van der Waals surface area contributed by atoms with Crippen LogP contribution in [0.4, 0.5) is 0 Å². The van der Waals surface area contributed by atoms with Crippen LogP contribution < -0.4 is 20.9 Å². The summed E-state index contributed by atoms with van der Waals surface area (Å²) in [5.41, 5.74) is 13.3. The second-order valence-electron chi connectivity index (χ2n) is 8.11. The van der Waals surface area contributed by atoms with Gasteiger partial charge in [-0.25, -0.2) is 0 Å². The molecule has 0 amide bonds. The number of methoxy groups -OCH3 is 2. The fourth-order valence-corrected chi connectivity index (χ4v) is 3.87. The van der Waals surface area contributed by atoms with Crippen LogP contribution in [0.15, 0.2) is 78.9 Å². The van der Waals surface area contributed by atoms with Gasteiger partial charge in [0, 0.05) is 0 Å². The average Bonchev–Trinajstić information content (AvgIpc) is 2.89. The van der Waals surface area contributed by atoms with Crippen molar-refractivity contribution in [2.24, 2.45) is 11.5 Å². The zero-order valence-corrected chi connectivity index (χ0v) is 19.7. The second-order valence-corrected chi connectivity index (χ2v) is 8.11. The molecule has 0 aromatic heterocycles. The quantitative estimate of drug-likeness (QED) is 0.374. The van der Waals surface area contributed by atoms with Gasteiger partial charge in [0.1, 0.15) is 23.2 Å². The topological polar surface area (TPSA) is 117 Å². The Morgan fingerprint density at radius 3 is 1.68 bits per heavy atom. The van der Waals surface area contributed by atoms with E-state index < -0.39 is 29.6 Å². The summed E-state index contributed by atoms with van der Waals surface area (Å²) in [6, 6.07) is 23.0. The summed E-state index contributed by atoms with van der Waals surface area (Å²) >= 11 is 0. The van der Waals surface area contributed by atoms with Crippen molar-refractivity contribution in [3.63, 3.8) is 0 Å². The van der Waals surface area contributed by atoms with Gasteiger partial charge in [-0.3, -0.25) is 4.79 Å². The highest BCUT2D eigenvalue weighted by Gasteiger charge is 2.39. The maximum atomic E-state index is 12.2. The third kappa shape index (κ3) is 5.29. The highest BCUT2D eigenvalue weighted by atomic mass is 16.5. The first-order valence-electron chi connectivity index (χ1n) is 11.0. The van der Waals surface area contributed by atoms with Gasteiger partial charge in [0.15, 0.2) is 5.78 Å². The molecule has 0 spiro atoms. The summed E-state index contributed by atoms with van der Waals surface area (Å²) in [5, 5.41) is 10.4. The molecule has 3 atom stereocenters. The number of aliphatic hydroxyl groups excluding tert-OH is 1. The van der Waals surface area contributed by atoms with E-state index in [9.17, 15) is 9.90 Å². The van der Waals surface area contributed by atoms with Crippen LogP contribution >= 0.6 is 0 Å². The molecule has 3 rings (SSSR count). The molecule has 0 fully saturated rings. The minimum atomic E-state index is -1.44. The van der Waals surface area contributed by atoms with Gasteiger partial charge in [0.05, 0.1) is 32.9 Å². The van der Waals surface area contributed by atoms with Gasteiger partial charge in [0.2, 0.25) is 0 Å². The van der Waals surface area contributed by atoms with E-state index >= 15 is 0 Å². The fraction of sp³-hybridized carbons (Fsp3) is 0.296. The zero-order chi connectivity index (χ0) is 24.7. The van der Waals surface area contributed by atoms with E-state index in [4.69, 9.17) is 25.7 Å². The average molecular weight is 465 g/mol. The number of ether oxygens (including phenoxy) is 3. The van der Waals surface area contributed by atoms with Crippen molar-refractivity contribution in [3.8, 4) is 11.5 Å². The molecule has 3 aromatic rings. The van der Waals surface area contributed by atoms with E-state index in [-0.39, 0.29) is 6.61 Å². The molecule has 0 saturated heterocycles. The molecule has 0 aliphatic rings. The second kappa shape index (κ2) is 11.3. The van der Waals surface area contributed by atoms with Crippen molar-refractivity contribution in [2.75, 3.05) is 20.8 Å². The van der Waals surface area contributed by atoms with Gasteiger partial charge >= 0.3 is 0 Å². The van der Waals surface area contributed by atoms with Crippen LogP contribution in [0.5, 0.6) is 11.5 Å². The number of hydrogen-bond donors (Lipinski definition) is 3. The van der Waals surface area contributed by atoms with Crippen LogP contribution in [0.3, 0.4) is 0 Å². The highest BCUT2D eigenvalue weighted by Crippen LogP contribution is 2.41. The van der Waals surface area contributed by atoms with Crippen molar-refractivity contribution in [2.45, 2.75) is 30.7 Å². The van der Waals surface area contributed by atoms with E-state index in [1.165, 1.54) is 6.92 Å². The van der Waals surface area contributed by atoms with Gasteiger partial charge in [-0.05, 0) is 47.9 Å². The van der Waals surface area contributed by atoms with Gasteiger partial charge < -0.3 is 30.8 Å². The molecule has 5 N–H and O–H groups in total. The largest absolute Gasteiger partial charge is 0.497 e. The maximum absolute atomic E-state index is 12.2. The van der Waals surface area contributed by atoms with Crippen molar-refractivity contribution in [1.82, 2.24) is 0 Å². The molecule has 0 radical (unpaired) electrons. The van der Waals surface area contributed by atoms with E-state index in [0.717, 1.165) is 16.7 Å². The smallest absolute Gasteiger partial charge is 0.179 e. The molecule has 0 bridgehead atoms. The number of aliphatic hydroxyl groups is 1. The summed E-state index contributed by atoms with van der Waals surface area (Å²) < 4.78 is 17.3. The van der Waals surface area contributed by atoms with Crippen molar-refractivity contribution in [1.29, 1.82) is 0 Å². The van der Waals surface area contributed by atoms with Gasteiger partial charge in [0.25, 0.3) is 0 Å². The molecule has 3 aromatic carbocycles. The maximum Gasteiger partial charge on any atom is 0.179 e. The molecule has 180 valence electrons. The number of ketones is 1. The lowest BCUT2D eigenvalue weighted by atomic mass is 9.80. The molecular weight excluding hydrogens is 432 g/mol. The summed E-state index contributed by atoms with van der Waals surface area (Å²) in [5.74, 6) is 0.875. The Morgan fingerprint density at radius 1 is 0.824 bits per heavy atom. The Labute approximate surface area is 200 Å². The van der Waals surface area contributed by atoms with E-state index in [1.54, 1.807) is 14.2 Å². The van der Waals surface area contributed by atoms with E-state index in [1.807, 2.05) is 78.9 Å². The highest BCUT2D eigenvalue weighted by molar-refractivity contribution is 5.88. The van der Waals surface area contributed by atoms with Crippen LogP contribution in [-0.2, 0) is 15.1 Å². The zero-order valence-electron chi connectivity index (χ0n) is 19.7. The van der Waals surface area contributed by atoms with Gasteiger partial charge in [-0.1, -0.05) is 54.6 Å². The molecule has 0 saturated carbocycles. The SMILES string of the molecule is COc1ccc(C(OC[C@@H](N)C(O)C(=O)[C@H](C)N)(c2ccccc2)c2ccc(OC)cc2)cc1. The fourth-order valence-electron chi connectivity index (χ4n) is 3.87. The standard InChI is InChI=1S/C27H32N2O5/c1-18(28)25(30)26(31)24(29)17-34-27(19-7-5-4-6-8-19,20-9-13-22(32-2)14-10-20)21-11-15-23(33-3)16-12-21/h4-16,18,24,26,31H,17,28-29H2,1-3H3/t18-,24+,26?/m0/s1. The lowest BCUT2D eigenvalue weighted by Crippen LogP contribution is -2.50. The minimum Gasteiger partial charge on any atom is -0.497 e. The van der Waals surface area contributed by atoms with Crippen LogP contribution in [0.25, 0.3) is 0 Å². The molecule has 34 heavy (non-hydrogen) atoms. The van der Waals surface area contributed by atoms with Crippen LogP contribution in [0.1, 0.15) is 23.6 Å². The number of carbonyl (C=O) groups is 1. The first-order valence-corrected chi connectivity index (χ1v) is 11.0. The summed E-state index contributed by atoms with van der Waals surface area (Å²) in [7, 11) is 3.21. The Bertz CT molecular complexity index is 1010.